The van der Waals surface area contributed by atoms with E-state index in [2.05, 4.69) is 15.3 Å². The third kappa shape index (κ3) is 2.42. The number of nitrogens with zero attached hydrogens (tertiary/aromatic N) is 1. The fourth-order valence-electron chi connectivity index (χ4n) is 1.60. The summed E-state index contributed by atoms with van der Waals surface area (Å²) < 4.78 is 0. The number of aromatic amines is 1. The Hall–Kier alpha value is -2.37. The molecule has 0 radical (unpaired) electrons. The minimum atomic E-state index is -1.47. The van der Waals surface area contributed by atoms with Gasteiger partial charge in [0.05, 0.1) is 11.0 Å². The van der Waals surface area contributed by atoms with Gasteiger partial charge in [0, 0.05) is 5.69 Å². The Morgan fingerprint density at radius 1 is 1.37 bits per heavy atom. The number of hydrogen-bond acceptors (Lipinski definition) is 3. The topological polar surface area (TPSA) is 95.1 Å². The summed E-state index contributed by atoms with van der Waals surface area (Å²) in [6, 6.07) is 5.19. The Labute approximate surface area is 109 Å². The van der Waals surface area contributed by atoms with Crippen molar-refractivity contribution in [3.05, 3.63) is 24.0 Å². The molecule has 0 atom stereocenters. The van der Waals surface area contributed by atoms with E-state index < -0.39 is 17.3 Å². The van der Waals surface area contributed by atoms with E-state index >= 15 is 0 Å². The number of imidazole rings is 1. The molecule has 2 rings (SSSR count). The minimum absolute atomic E-state index is 0.537. The number of fused-ring (bicyclic) bond motifs is 1. The molecule has 1 heterocycles. The van der Waals surface area contributed by atoms with Crippen molar-refractivity contribution in [3.8, 4) is 0 Å². The van der Waals surface area contributed by atoms with Crippen LogP contribution in [0.5, 0.6) is 0 Å². The lowest BCUT2D eigenvalue weighted by molar-refractivity contribution is -0.151. The number of hydrogen-bond donors (Lipinski definition) is 3. The highest BCUT2D eigenvalue weighted by molar-refractivity contribution is 6.08. The first-order valence-corrected chi connectivity index (χ1v) is 5.82. The van der Waals surface area contributed by atoms with Crippen molar-refractivity contribution in [1.29, 1.82) is 0 Å². The number of amides is 1. The largest absolute Gasteiger partial charge is 0.480 e. The standard InChI is InChI=1S/C13H15N3O3/c1-7-14-9-5-4-8(6-10(9)15-7)16-11(17)13(2,3)12(18)19/h4-6H,1-3H3,(H,14,15)(H,16,17)(H,18,19). The first kappa shape index (κ1) is 13.1. The van der Waals surface area contributed by atoms with Crippen LogP contribution in [0.1, 0.15) is 19.7 Å². The first-order chi connectivity index (χ1) is 8.80. The van der Waals surface area contributed by atoms with Crippen LogP contribution in [0, 0.1) is 12.3 Å². The van der Waals surface area contributed by atoms with Crippen LogP contribution in [0.3, 0.4) is 0 Å². The number of carbonyl (C=O) groups is 2. The number of aliphatic carboxylic acids is 1. The van der Waals surface area contributed by atoms with Crippen molar-refractivity contribution in [1.82, 2.24) is 9.97 Å². The van der Waals surface area contributed by atoms with E-state index in [1.165, 1.54) is 13.8 Å². The molecule has 100 valence electrons. The second kappa shape index (κ2) is 4.38. The maximum absolute atomic E-state index is 11.9. The van der Waals surface area contributed by atoms with Crippen LogP contribution in [-0.4, -0.2) is 27.0 Å². The molecule has 0 bridgehead atoms. The number of H-pyrrole nitrogens is 1. The number of carboxylic acids is 1. The highest BCUT2D eigenvalue weighted by Gasteiger charge is 2.36. The third-order valence-corrected chi connectivity index (χ3v) is 2.96. The van der Waals surface area contributed by atoms with Crippen LogP contribution in [0.15, 0.2) is 18.2 Å². The molecule has 2 aromatic rings. The quantitative estimate of drug-likeness (QED) is 0.735. The summed E-state index contributed by atoms with van der Waals surface area (Å²) in [7, 11) is 0. The van der Waals surface area contributed by atoms with Crippen molar-refractivity contribution >= 4 is 28.6 Å². The average molecular weight is 261 g/mol. The molecule has 19 heavy (non-hydrogen) atoms. The lowest BCUT2D eigenvalue weighted by Gasteiger charge is -2.18. The predicted octanol–water partition coefficient (Wildman–Crippen LogP) is 1.92. The number of nitrogens with one attached hydrogen (secondary N) is 2. The van der Waals surface area contributed by atoms with Gasteiger partial charge in [-0.25, -0.2) is 4.98 Å². The van der Waals surface area contributed by atoms with E-state index in [4.69, 9.17) is 5.11 Å². The first-order valence-electron chi connectivity index (χ1n) is 5.82. The molecule has 0 aliphatic heterocycles. The van der Waals surface area contributed by atoms with Gasteiger partial charge >= 0.3 is 5.97 Å². The van der Waals surface area contributed by atoms with Gasteiger partial charge in [0.15, 0.2) is 0 Å². The number of carbonyl (C=O) groups excluding carboxylic acids is 1. The van der Waals surface area contributed by atoms with Crippen LogP contribution in [0.25, 0.3) is 11.0 Å². The SMILES string of the molecule is Cc1nc2ccc(NC(=O)C(C)(C)C(=O)O)cc2[nH]1. The van der Waals surface area contributed by atoms with Crippen LogP contribution in [0.2, 0.25) is 0 Å². The van der Waals surface area contributed by atoms with Crippen LogP contribution < -0.4 is 5.32 Å². The smallest absolute Gasteiger partial charge is 0.318 e. The van der Waals surface area contributed by atoms with Gasteiger partial charge in [-0.05, 0) is 39.0 Å². The number of rotatable bonds is 3. The molecule has 1 aromatic heterocycles. The normalized spacial score (nSPS) is 11.5. The molecule has 0 aliphatic carbocycles. The van der Waals surface area contributed by atoms with Gasteiger partial charge in [-0.3, -0.25) is 9.59 Å². The van der Waals surface area contributed by atoms with E-state index in [1.54, 1.807) is 18.2 Å². The van der Waals surface area contributed by atoms with Gasteiger partial charge in [0.1, 0.15) is 11.2 Å². The Bertz CT molecular complexity index is 658. The third-order valence-electron chi connectivity index (χ3n) is 2.96. The van der Waals surface area contributed by atoms with Gasteiger partial charge in [-0.1, -0.05) is 0 Å². The van der Waals surface area contributed by atoms with E-state index in [1.807, 2.05) is 6.92 Å². The Kier molecular flexibility index (Phi) is 3.01. The van der Waals surface area contributed by atoms with Gasteiger partial charge < -0.3 is 15.4 Å². The van der Waals surface area contributed by atoms with Gasteiger partial charge in [-0.2, -0.15) is 0 Å². The highest BCUT2D eigenvalue weighted by Crippen LogP contribution is 2.21. The van der Waals surface area contributed by atoms with Gasteiger partial charge in [0.2, 0.25) is 5.91 Å². The zero-order valence-corrected chi connectivity index (χ0v) is 10.9. The molecular formula is C13H15N3O3. The Morgan fingerprint density at radius 3 is 2.68 bits per heavy atom. The van der Waals surface area contributed by atoms with E-state index in [0.29, 0.717) is 5.69 Å². The fourth-order valence-corrected chi connectivity index (χ4v) is 1.60. The molecule has 1 amide bonds. The maximum Gasteiger partial charge on any atom is 0.318 e. The number of carboxylic acid groups (broad SMARTS) is 1. The predicted molar refractivity (Wildman–Crippen MR) is 70.9 cm³/mol. The molecule has 1 aromatic carbocycles. The number of aryl methyl sites for hydroxylation is 1. The molecule has 0 saturated heterocycles. The molecule has 0 spiro atoms. The summed E-state index contributed by atoms with van der Waals surface area (Å²) in [4.78, 5) is 30.2. The zero-order valence-electron chi connectivity index (χ0n) is 10.9. The molecule has 0 saturated carbocycles. The highest BCUT2D eigenvalue weighted by atomic mass is 16.4. The zero-order chi connectivity index (χ0) is 14.2. The Balaban J connectivity index is 2.26. The summed E-state index contributed by atoms with van der Waals surface area (Å²) in [5, 5.41) is 11.6. The number of aromatic nitrogens is 2. The van der Waals surface area contributed by atoms with Crippen molar-refractivity contribution in [2.24, 2.45) is 5.41 Å². The Morgan fingerprint density at radius 2 is 2.05 bits per heavy atom. The second-order valence-corrected chi connectivity index (χ2v) is 4.94. The molecule has 3 N–H and O–H groups in total. The molecule has 0 unspecified atom stereocenters. The number of anilines is 1. The lowest BCUT2D eigenvalue weighted by Crippen LogP contribution is -2.37. The van der Waals surface area contributed by atoms with Crippen LogP contribution >= 0.6 is 0 Å². The van der Waals surface area contributed by atoms with Crippen molar-refractivity contribution in [2.45, 2.75) is 20.8 Å². The fraction of sp³-hybridized carbons (Fsp3) is 0.308. The summed E-state index contributed by atoms with van der Waals surface area (Å²) >= 11 is 0. The summed E-state index contributed by atoms with van der Waals surface area (Å²) in [6.07, 6.45) is 0. The van der Waals surface area contributed by atoms with Crippen molar-refractivity contribution in [3.63, 3.8) is 0 Å². The maximum atomic E-state index is 11.9. The summed E-state index contributed by atoms with van der Waals surface area (Å²) in [6.45, 7) is 4.57. The van der Waals surface area contributed by atoms with Crippen LogP contribution in [-0.2, 0) is 9.59 Å². The molecule has 6 nitrogen and oxygen atoms in total. The monoisotopic (exact) mass is 261 g/mol. The van der Waals surface area contributed by atoms with E-state index in [9.17, 15) is 9.59 Å². The number of benzene rings is 1. The van der Waals surface area contributed by atoms with Gasteiger partial charge in [0.25, 0.3) is 0 Å². The molecule has 0 aliphatic rings. The summed E-state index contributed by atoms with van der Waals surface area (Å²) in [5.74, 6) is -0.941. The van der Waals surface area contributed by atoms with Crippen LogP contribution in [0.4, 0.5) is 5.69 Å². The van der Waals surface area contributed by atoms with Gasteiger partial charge in [-0.15, -0.1) is 0 Å². The second-order valence-electron chi connectivity index (χ2n) is 4.94. The molecule has 6 heteroatoms. The van der Waals surface area contributed by atoms with Crippen molar-refractivity contribution < 1.29 is 14.7 Å². The lowest BCUT2D eigenvalue weighted by atomic mass is 9.92. The summed E-state index contributed by atoms with van der Waals surface area (Å²) in [5.41, 5.74) is 0.658. The minimum Gasteiger partial charge on any atom is -0.480 e. The van der Waals surface area contributed by atoms with E-state index in [0.717, 1.165) is 16.9 Å². The molecular weight excluding hydrogens is 246 g/mol. The van der Waals surface area contributed by atoms with Crippen molar-refractivity contribution in [2.75, 3.05) is 5.32 Å². The average Bonchev–Trinajstić information content (AvgIpc) is 2.68. The van der Waals surface area contributed by atoms with E-state index in [-0.39, 0.29) is 0 Å². The molecule has 0 fully saturated rings.